The van der Waals surface area contributed by atoms with Crippen molar-refractivity contribution in [2.45, 2.75) is 32.7 Å². The predicted molar refractivity (Wildman–Crippen MR) is 114 cm³/mol. The van der Waals surface area contributed by atoms with Crippen molar-refractivity contribution in [2.75, 3.05) is 60.0 Å². The van der Waals surface area contributed by atoms with Crippen LogP contribution in [-0.4, -0.2) is 75.7 Å². The summed E-state index contributed by atoms with van der Waals surface area (Å²) in [6.45, 7) is 11.1. The maximum absolute atomic E-state index is 5.63. The number of aliphatic imine (C=N–C) groups is 1. The van der Waals surface area contributed by atoms with Crippen LogP contribution in [0.3, 0.4) is 0 Å². The van der Waals surface area contributed by atoms with E-state index in [2.05, 4.69) is 53.5 Å². The summed E-state index contributed by atoms with van der Waals surface area (Å²) < 4.78 is 5.63. The van der Waals surface area contributed by atoms with E-state index >= 15 is 0 Å². The summed E-state index contributed by atoms with van der Waals surface area (Å²) in [5, 5.41) is 6.83. The third-order valence-electron chi connectivity index (χ3n) is 5.17. The summed E-state index contributed by atoms with van der Waals surface area (Å²) in [6, 6.07) is 8.59. The number of nitrogens with one attached hydrogen (secondary N) is 2. The second-order valence-corrected chi connectivity index (χ2v) is 7.04. The number of hydrogen-bond donors (Lipinski definition) is 2. The Kier molecular flexibility index (Phi) is 9.42. The normalized spacial score (nSPS) is 16.6. The molecular formula is C21H37N5O. The molecule has 1 heterocycles. The van der Waals surface area contributed by atoms with Crippen LogP contribution in [0.5, 0.6) is 5.75 Å². The van der Waals surface area contributed by atoms with Gasteiger partial charge in [0.25, 0.3) is 0 Å². The molecule has 1 unspecified atom stereocenters. The minimum atomic E-state index is 0.248. The van der Waals surface area contributed by atoms with E-state index in [1.807, 2.05) is 12.1 Å². The molecule has 27 heavy (non-hydrogen) atoms. The van der Waals surface area contributed by atoms with Crippen molar-refractivity contribution in [3.63, 3.8) is 0 Å². The zero-order valence-electron chi connectivity index (χ0n) is 17.5. The summed E-state index contributed by atoms with van der Waals surface area (Å²) in [5.74, 6) is 1.84. The second kappa shape index (κ2) is 11.8. The number of nitrogens with zero attached hydrogens (tertiary/aromatic N) is 3. The Morgan fingerprint density at radius 2 is 1.96 bits per heavy atom. The molecule has 0 amide bonds. The Labute approximate surface area is 165 Å². The smallest absolute Gasteiger partial charge is 0.191 e. The molecule has 2 N–H and O–H groups in total. The number of rotatable bonds is 10. The lowest BCUT2D eigenvalue weighted by atomic mass is 10.0. The number of para-hydroxylation sites is 1. The van der Waals surface area contributed by atoms with Gasteiger partial charge in [-0.1, -0.05) is 25.1 Å². The van der Waals surface area contributed by atoms with Gasteiger partial charge in [-0.15, -0.1) is 0 Å². The molecule has 0 aliphatic carbocycles. The Morgan fingerprint density at radius 1 is 1.22 bits per heavy atom. The van der Waals surface area contributed by atoms with Gasteiger partial charge in [0, 0.05) is 25.2 Å². The van der Waals surface area contributed by atoms with E-state index in [9.17, 15) is 0 Å². The topological polar surface area (TPSA) is 52.1 Å². The first-order valence-corrected chi connectivity index (χ1v) is 10.3. The highest BCUT2D eigenvalue weighted by Gasteiger charge is 2.25. The summed E-state index contributed by atoms with van der Waals surface area (Å²) in [6.07, 6.45) is 2.52. The maximum atomic E-state index is 5.63. The summed E-state index contributed by atoms with van der Waals surface area (Å²) in [4.78, 5) is 9.74. The lowest BCUT2D eigenvalue weighted by molar-refractivity contribution is 0.245. The molecule has 6 heteroatoms. The molecule has 1 aromatic rings. The fraction of sp³-hybridized carbons (Fsp3) is 0.667. The van der Waals surface area contributed by atoms with Crippen LogP contribution in [0.15, 0.2) is 29.3 Å². The predicted octanol–water partition coefficient (Wildman–Crippen LogP) is 2.34. The van der Waals surface area contributed by atoms with E-state index in [1.165, 1.54) is 18.4 Å². The third kappa shape index (κ3) is 6.70. The molecule has 0 aromatic heterocycles. The number of benzene rings is 1. The van der Waals surface area contributed by atoms with Gasteiger partial charge in [-0.25, -0.2) is 0 Å². The lowest BCUT2D eigenvalue weighted by Crippen LogP contribution is -2.41. The van der Waals surface area contributed by atoms with Gasteiger partial charge < -0.3 is 20.3 Å². The molecule has 0 radical (unpaired) electrons. The largest absolute Gasteiger partial charge is 0.496 e. The van der Waals surface area contributed by atoms with Gasteiger partial charge in [0.05, 0.1) is 19.7 Å². The van der Waals surface area contributed by atoms with Crippen LogP contribution in [0.4, 0.5) is 0 Å². The van der Waals surface area contributed by atoms with Gasteiger partial charge in [0.1, 0.15) is 5.75 Å². The van der Waals surface area contributed by atoms with Crippen molar-refractivity contribution in [1.82, 2.24) is 20.4 Å². The zero-order valence-corrected chi connectivity index (χ0v) is 17.5. The summed E-state index contributed by atoms with van der Waals surface area (Å²) in [5.41, 5.74) is 1.23. The minimum Gasteiger partial charge on any atom is -0.496 e. The first kappa shape index (κ1) is 21.5. The van der Waals surface area contributed by atoms with Gasteiger partial charge in [0.2, 0.25) is 0 Å². The minimum absolute atomic E-state index is 0.248. The van der Waals surface area contributed by atoms with Crippen molar-refractivity contribution in [2.24, 2.45) is 4.99 Å². The number of likely N-dealkylation sites (N-methyl/N-ethyl adjacent to an activating group) is 1. The van der Waals surface area contributed by atoms with Crippen LogP contribution in [0.1, 0.15) is 38.3 Å². The number of guanidine groups is 1. The molecule has 1 saturated heterocycles. The van der Waals surface area contributed by atoms with Gasteiger partial charge in [-0.05, 0) is 52.5 Å². The van der Waals surface area contributed by atoms with Crippen LogP contribution < -0.4 is 15.4 Å². The fourth-order valence-electron chi connectivity index (χ4n) is 3.45. The van der Waals surface area contributed by atoms with Crippen LogP contribution in [0.25, 0.3) is 0 Å². The van der Waals surface area contributed by atoms with E-state index in [0.717, 1.165) is 57.5 Å². The Bertz CT molecular complexity index is 571. The molecular weight excluding hydrogens is 338 g/mol. The molecule has 2 rings (SSSR count). The maximum Gasteiger partial charge on any atom is 0.191 e. The number of likely N-dealkylation sites (tertiary alicyclic amines) is 1. The monoisotopic (exact) mass is 375 g/mol. The average Bonchev–Trinajstić information content (AvgIpc) is 3.22. The molecule has 0 spiro atoms. The van der Waals surface area contributed by atoms with Crippen molar-refractivity contribution in [3.05, 3.63) is 29.8 Å². The molecule has 0 bridgehead atoms. The highest BCUT2D eigenvalue weighted by Crippen LogP contribution is 2.31. The number of ether oxygens (including phenoxy) is 1. The van der Waals surface area contributed by atoms with Gasteiger partial charge in [0.15, 0.2) is 5.96 Å². The zero-order chi connectivity index (χ0) is 19.5. The SMILES string of the molecule is CCNC(=NCC(c1ccccc1OC)N1CCCC1)NCCN(C)CC. The quantitative estimate of drug-likeness (QED) is 0.486. The molecule has 1 aliphatic rings. The Balaban J connectivity index is 2.11. The van der Waals surface area contributed by atoms with Crippen molar-refractivity contribution in [3.8, 4) is 5.75 Å². The van der Waals surface area contributed by atoms with Crippen LogP contribution in [0.2, 0.25) is 0 Å². The summed E-state index contributed by atoms with van der Waals surface area (Å²) >= 11 is 0. The van der Waals surface area contributed by atoms with Crippen LogP contribution in [-0.2, 0) is 0 Å². The molecule has 1 atom stereocenters. The van der Waals surface area contributed by atoms with E-state index in [1.54, 1.807) is 7.11 Å². The molecule has 152 valence electrons. The average molecular weight is 376 g/mol. The molecule has 6 nitrogen and oxygen atoms in total. The van der Waals surface area contributed by atoms with E-state index in [4.69, 9.17) is 9.73 Å². The van der Waals surface area contributed by atoms with Crippen molar-refractivity contribution < 1.29 is 4.74 Å². The standard InChI is InChI=1S/C21H37N5O/c1-5-22-21(23-13-16-25(3)6-2)24-17-19(26-14-9-10-15-26)18-11-7-8-12-20(18)27-4/h7-8,11-12,19H,5-6,9-10,13-17H2,1-4H3,(H2,22,23,24). The lowest BCUT2D eigenvalue weighted by Gasteiger charge is -2.28. The van der Waals surface area contributed by atoms with E-state index < -0.39 is 0 Å². The second-order valence-electron chi connectivity index (χ2n) is 7.04. The Hall–Kier alpha value is -1.79. The number of hydrogen-bond acceptors (Lipinski definition) is 4. The summed E-state index contributed by atoms with van der Waals surface area (Å²) in [7, 11) is 3.88. The fourth-order valence-corrected chi connectivity index (χ4v) is 3.45. The van der Waals surface area contributed by atoms with Crippen LogP contribution >= 0.6 is 0 Å². The molecule has 1 aromatic carbocycles. The van der Waals surface area contributed by atoms with Crippen LogP contribution in [0, 0.1) is 0 Å². The first-order valence-electron chi connectivity index (χ1n) is 10.3. The number of methoxy groups -OCH3 is 1. The molecule has 0 saturated carbocycles. The Morgan fingerprint density at radius 3 is 2.63 bits per heavy atom. The van der Waals surface area contributed by atoms with E-state index in [0.29, 0.717) is 0 Å². The third-order valence-corrected chi connectivity index (χ3v) is 5.17. The first-order chi connectivity index (χ1) is 13.2. The van der Waals surface area contributed by atoms with Crippen molar-refractivity contribution in [1.29, 1.82) is 0 Å². The van der Waals surface area contributed by atoms with Gasteiger partial charge in [-0.2, -0.15) is 0 Å². The highest BCUT2D eigenvalue weighted by atomic mass is 16.5. The highest BCUT2D eigenvalue weighted by molar-refractivity contribution is 5.79. The van der Waals surface area contributed by atoms with Crippen molar-refractivity contribution >= 4 is 5.96 Å². The van der Waals surface area contributed by atoms with Gasteiger partial charge in [-0.3, -0.25) is 9.89 Å². The molecule has 1 fully saturated rings. The van der Waals surface area contributed by atoms with Gasteiger partial charge >= 0.3 is 0 Å². The molecule has 1 aliphatic heterocycles. The van der Waals surface area contributed by atoms with E-state index in [-0.39, 0.29) is 6.04 Å².